The molecule has 0 aliphatic carbocycles. The summed E-state index contributed by atoms with van der Waals surface area (Å²) in [5.41, 5.74) is 3.32. The Kier molecular flexibility index (Phi) is 6.79. The van der Waals surface area contributed by atoms with Crippen LogP contribution in [0, 0.1) is 0 Å². The fourth-order valence-electron chi connectivity index (χ4n) is 6.14. The molecule has 14 nitrogen and oxygen atoms in total. The van der Waals surface area contributed by atoms with Crippen molar-refractivity contribution >= 4 is 64.4 Å². The largest absolute Gasteiger partial charge is 0.324 e. The molecule has 0 radical (unpaired) electrons. The third-order valence-corrected chi connectivity index (χ3v) is 10.1. The van der Waals surface area contributed by atoms with Crippen LogP contribution in [0.3, 0.4) is 0 Å². The van der Waals surface area contributed by atoms with E-state index in [1.807, 2.05) is 48.5 Å². The molecule has 49 heavy (non-hydrogen) atoms. The van der Waals surface area contributed by atoms with Gasteiger partial charge in [-0.05, 0) is 12.1 Å². The maximum atomic E-state index is 12.8. The van der Waals surface area contributed by atoms with Gasteiger partial charge in [0.05, 0.1) is 5.39 Å². The van der Waals surface area contributed by atoms with Crippen molar-refractivity contribution < 1.29 is 42.4 Å². The van der Waals surface area contributed by atoms with Crippen LogP contribution in [0.15, 0.2) is 94.7 Å². The third-order valence-electron chi connectivity index (χ3n) is 8.17. The summed E-state index contributed by atoms with van der Waals surface area (Å²) in [7, 11) is -10.4. The molecule has 0 saturated heterocycles. The topological polar surface area (TPSA) is 218 Å². The second-order valence-corrected chi connectivity index (χ2v) is 13.8. The number of hydrogen-bond acceptors (Lipinski definition) is 10. The van der Waals surface area contributed by atoms with E-state index in [1.54, 1.807) is 24.3 Å². The Hall–Kier alpha value is -5.45. The molecule has 0 atom stereocenters. The van der Waals surface area contributed by atoms with E-state index in [9.17, 15) is 25.9 Å². The first-order chi connectivity index (χ1) is 23.0. The summed E-state index contributed by atoms with van der Waals surface area (Å²) in [6.45, 7) is 0. The second-order valence-electron chi connectivity index (χ2n) is 11.0. The van der Waals surface area contributed by atoms with Gasteiger partial charge in [-0.25, -0.2) is 29.9 Å². The molecule has 2 aliphatic heterocycles. The Morgan fingerprint density at radius 1 is 0.449 bits per heavy atom. The van der Waals surface area contributed by atoms with E-state index in [2.05, 4.69) is 15.0 Å². The molecule has 0 amide bonds. The Morgan fingerprint density at radius 2 is 0.837 bits per heavy atom. The number of aromatic nitrogens is 8. The zero-order valence-corrected chi connectivity index (χ0v) is 27.0. The molecule has 4 aromatic carbocycles. The summed E-state index contributed by atoms with van der Waals surface area (Å²) in [4.78, 5) is 32.8. The van der Waals surface area contributed by atoms with Crippen molar-refractivity contribution in [1.29, 1.82) is 0 Å². The van der Waals surface area contributed by atoms with Crippen LogP contribution in [0.5, 0.6) is 0 Å². The van der Waals surface area contributed by atoms with Crippen LogP contribution in [0.2, 0.25) is 0 Å². The van der Waals surface area contributed by atoms with Crippen LogP contribution in [0.25, 0.3) is 89.7 Å². The summed E-state index contributed by atoms with van der Waals surface area (Å²) < 4.78 is 70.7. The van der Waals surface area contributed by atoms with Gasteiger partial charge in [-0.2, -0.15) is 16.8 Å². The standard InChI is InChI=1S/C32H18N8O6S2.Ni/c41-47(42,43)22-14-13-21-23(24(22)48(44,45)46)32-39-30-20-12-6-5-11-19(20)28(37-30)35-26-16-8-2-1-7-15(16)25(33-26)34-27-17-9-3-4-10-18(17)29(36-27)38-31(21)40-32;/h1-14H,(H,41,42,43)(H,44,45,46)(H2,33,34,35,36,37,38,39,40);. The molecule has 4 N–H and O–H groups in total. The van der Waals surface area contributed by atoms with Crippen LogP contribution < -0.4 is 0 Å². The molecule has 17 heteroatoms. The Morgan fingerprint density at radius 3 is 1.27 bits per heavy atom. The zero-order chi connectivity index (χ0) is 32.9. The molecule has 0 fully saturated rings. The van der Waals surface area contributed by atoms with Gasteiger partial charge in [0.25, 0.3) is 20.2 Å². The first kappa shape index (κ1) is 30.9. The Labute approximate surface area is 285 Å². The molecule has 3 aromatic heterocycles. The van der Waals surface area contributed by atoms with Crippen molar-refractivity contribution in [2.75, 3.05) is 0 Å². The van der Waals surface area contributed by atoms with Crippen LogP contribution >= 0.6 is 0 Å². The van der Waals surface area contributed by atoms with Gasteiger partial charge in [0.1, 0.15) is 32.4 Å². The summed E-state index contributed by atoms with van der Waals surface area (Å²) in [5.74, 6) is 0.980. The van der Waals surface area contributed by atoms with Gasteiger partial charge in [0.15, 0.2) is 23.3 Å². The van der Waals surface area contributed by atoms with Crippen LogP contribution in [-0.2, 0) is 36.7 Å². The zero-order valence-electron chi connectivity index (χ0n) is 24.4. The minimum atomic E-state index is -5.27. The van der Waals surface area contributed by atoms with E-state index in [0.717, 1.165) is 16.8 Å². The molecule has 0 saturated carbocycles. The van der Waals surface area contributed by atoms with Crippen molar-refractivity contribution in [3.05, 3.63) is 84.9 Å². The van der Waals surface area contributed by atoms with E-state index in [4.69, 9.17) is 24.9 Å². The molecule has 0 unspecified atom stereocenters. The quantitative estimate of drug-likeness (QED) is 0.130. The number of rotatable bonds is 2. The van der Waals surface area contributed by atoms with E-state index >= 15 is 0 Å². The van der Waals surface area contributed by atoms with Gasteiger partial charge in [-0.1, -0.05) is 72.8 Å². The maximum absolute atomic E-state index is 12.8. The summed E-state index contributed by atoms with van der Waals surface area (Å²) in [6.07, 6.45) is 0. The van der Waals surface area contributed by atoms with Crippen LogP contribution in [0.1, 0.15) is 0 Å². The summed E-state index contributed by atoms with van der Waals surface area (Å²) in [5, 5.41) is 1.33. The normalized spacial score (nSPS) is 12.4. The predicted octanol–water partition coefficient (Wildman–Crippen LogP) is 5.36. The molecule has 7 aromatic rings. The van der Waals surface area contributed by atoms with Crippen molar-refractivity contribution in [2.45, 2.75) is 9.79 Å². The fourth-order valence-corrected chi connectivity index (χ4v) is 8.14. The third kappa shape index (κ3) is 4.82. The van der Waals surface area contributed by atoms with Crippen molar-refractivity contribution in [1.82, 2.24) is 39.9 Å². The number of H-pyrrole nitrogens is 2. The van der Waals surface area contributed by atoms with Gasteiger partial charge in [-0.3, -0.25) is 9.11 Å². The SMILES string of the molecule is O=S(=O)(O)c1ccc2c3nc4nc(nc5[nH]c(nc6nc(nc([nH]3)c2c1S(=O)(=O)O)-c1ccccc1-6)c1ccccc51)-c1ccccc1-4.[Ni]. The van der Waals surface area contributed by atoms with Crippen LogP contribution in [0.4, 0.5) is 0 Å². The molecular formula is C32H18N8NiO6S2. The maximum Gasteiger partial charge on any atom is 0.296 e. The minimum Gasteiger partial charge on any atom is -0.324 e. The predicted molar refractivity (Wildman–Crippen MR) is 176 cm³/mol. The monoisotopic (exact) mass is 732 g/mol. The molecule has 9 rings (SSSR count). The number of fused-ring (bicyclic) bond motifs is 20. The van der Waals surface area contributed by atoms with Gasteiger partial charge >= 0.3 is 0 Å². The molecule has 244 valence electrons. The Bertz CT molecular complexity index is 2980. The van der Waals surface area contributed by atoms with E-state index in [1.165, 1.54) is 6.07 Å². The van der Waals surface area contributed by atoms with Crippen molar-refractivity contribution in [3.8, 4) is 45.6 Å². The van der Waals surface area contributed by atoms with Gasteiger partial charge in [0.2, 0.25) is 0 Å². The number of benzene rings is 4. The molecule has 5 heterocycles. The number of nitrogens with one attached hydrogen (secondary N) is 2. The first-order valence-electron chi connectivity index (χ1n) is 14.3. The molecule has 8 bridgehead atoms. The van der Waals surface area contributed by atoms with Crippen LogP contribution in [-0.4, -0.2) is 65.8 Å². The summed E-state index contributed by atoms with van der Waals surface area (Å²) in [6, 6.07) is 24.2. The van der Waals surface area contributed by atoms with Gasteiger partial charge in [-0.15, -0.1) is 0 Å². The second kappa shape index (κ2) is 10.8. The number of hydrogen-bond donors (Lipinski definition) is 4. The van der Waals surface area contributed by atoms with Gasteiger partial charge in [0, 0.05) is 54.9 Å². The van der Waals surface area contributed by atoms with E-state index in [-0.39, 0.29) is 50.2 Å². The average molecular weight is 733 g/mol. The first-order valence-corrected chi connectivity index (χ1v) is 17.1. The fraction of sp³-hybridized carbons (Fsp3) is 0. The summed E-state index contributed by atoms with van der Waals surface area (Å²) >= 11 is 0. The van der Waals surface area contributed by atoms with Crippen molar-refractivity contribution in [3.63, 3.8) is 0 Å². The number of aromatic amines is 2. The van der Waals surface area contributed by atoms with Gasteiger partial charge < -0.3 is 9.97 Å². The molecular weight excluding hydrogens is 715 g/mol. The van der Waals surface area contributed by atoms with Crippen molar-refractivity contribution in [2.24, 2.45) is 0 Å². The van der Waals surface area contributed by atoms with E-state index < -0.39 is 30.0 Å². The number of nitrogens with zero attached hydrogens (tertiary/aromatic N) is 6. The Balaban J connectivity index is 0.00000348. The minimum absolute atomic E-state index is 0. The molecule has 2 aliphatic rings. The smallest absolute Gasteiger partial charge is 0.296 e. The van der Waals surface area contributed by atoms with E-state index in [0.29, 0.717) is 45.2 Å². The average Bonchev–Trinajstić information content (AvgIpc) is 3.79. The molecule has 0 spiro atoms.